The van der Waals surface area contributed by atoms with Crippen LogP contribution in [0, 0.1) is 0 Å². The molecule has 0 bridgehead atoms. The molecular weight excluding hydrogens is 318 g/mol. The highest BCUT2D eigenvalue weighted by Crippen LogP contribution is 2.25. The lowest BCUT2D eigenvalue weighted by atomic mass is 9.92. The molecule has 0 saturated carbocycles. The van der Waals surface area contributed by atoms with E-state index < -0.39 is 5.60 Å². The van der Waals surface area contributed by atoms with Gasteiger partial charge in [-0.25, -0.2) is 0 Å². The monoisotopic (exact) mass is 339 g/mol. The Morgan fingerprint density at radius 2 is 2.04 bits per heavy atom. The summed E-state index contributed by atoms with van der Waals surface area (Å²) in [6, 6.07) is 9.12. The summed E-state index contributed by atoms with van der Waals surface area (Å²) in [4.78, 5) is 16.3. The predicted molar refractivity (Wildman–Crippen MR) is 91.4 cm³/mol. The summed E-state index contributed by atoms with van der Waals surface area (Å²) in [5.41, 5.74) is -0.190. The number of rotatable bonds is 6. The second kappa shape index (κ2) is 8.70. The van der Waals surface area contributed by atoms with Crippen molar-refractivity contribution in [3.63, 3.8) is 0 Å². The molecule has 0 fully saturated rings. The van der Waals surface area contributed by atoms with E-state index in [-0.39, 0.29) is 44.1 Å². The van der Waals surface area contributed by atoms with Gasteiger partial charge in [0, 0.05) is 6.21 Å². The fourth-order valence-corrected chi connectivity index (χ4v) is 2.15. The van der Waals surface area contributed by atoms with Gasteiger partial charge in [-0.3, -0.25) is 9.79 Å². The van der Waals surface area contributed by atoms with E-state index in [2.05, 4.69) is 4.99 Å². The summed E-state index contributed by atoms with van der Waals surface area (Å²) in [6.45, 7) is 3.79. The molecule has 0 spiro atoms. The van der Waals surface area contributed by atoms with E-state index in [1.165, 1.54) is 0 Å². The lowest BCUT2D eigenvalue weighted by Crippen LogP contribution is -2.42. The Morgan fingerprint density at radius 3 is 2.70 bits per heavy atom. The average molecular weight is 340 g/mol. The summed E-state index contributed by atoms with van der Waals surface area (Å²) in [6.07, 6.45) is 3.52. The van der Waals surface area contributed by atoms with Crippen LogP contribution in [0.15, 0.2) is 47.0 Å². The predicted octanol–water partition coefficient (Wildman–Crippen LogP) is 2.57. The number of aliphatic imine (C=N–C) groups is 1. The third-order valence-electron chi connectivity index (χ3n) is 3.60. The standard InChI is InChI=1S/C17H21NO4.ClH/c1-13-17(2,10-14(12-19)11-18-13)22-16(20)8-9-21-15-6-4-3-5-7-15;/h3-7,10-11,13,19H,8-9,12H2,1-2H3;1H. The van der Waals surface area contributed by atoms with Crippen LogP contribution < -0.4 is 4.74 Å². The van der Waals surface area contributed by atoms with E-state index in [0.29, 0.717) is 5.57 Å². The molecule has 2 atom stereocenters. The van der Waals surface area contributed by atoms with Gasteiger partial charge in [-0.15, -0.1) is 12.4 Å². The van der Waals surface area contributed by atoms with E-state index in [0.717, 1.165) is 5.75 Å². The number of aliphatic hydroxyl groups is 1. The molecule has 2 unspecified atom stereocenters. The second-order valence-corrected chi connectivity index (χ2v) is 5.40. The Morgan fingerprint density at radius 1 is 1.35 bits per heavy atom. The molecule has 0 aliphatic carbocycles. The molecule has 6 heteroatoms. The highest BCUT2D eigenvalue weighted by Gasteiger charge is 2.35. The van der Waals surface area contributed by atoms with Crippen LogP contribution in [-0.4, -0.2) is 42.1 Å². The number of carbonyl (C=O) groups is 1. The molecule has 2 rings (SSSR count). The van der Waals surface area contributed by atoms with Crippen molar-refractivity contribution >= 4 is 24.6 Å². The van der Waals surface area contributed by atoms with Crippen LogP contribution in [-0.2, 0) is 9.53 Å². The number of esters is 1. The fraction of sp³-hybridized carbons (Fsp3) is 0.412. The van der Waals surface area contributed by atoms with Crippen molar-refractivity contribution in [2.45, 2.75) is 31.9 Å². The normalized spacial score (nSPS) is 22.7. The third kappa shape index (κ3) is 5.37. The topological polar surface area (TPSA) is 68.1 Å². The molecule has 1 aliphatic rings. The molecule has 126 valence electrons. The first-order chi connectivity index (χ1) is 10.5. The smallest absolute Gasteiger partial charge is 0.310 e. The maximum Gasteiger partial charge on any atom is 0.310 e. The van der Waals surface area contributed by atoms with Crippen molar-refractivity contribution in [1.82, 2.24) is 0 Å². The lowest BCUT2D eigenvalue weighted by Gasteiger charge is -2.33. The van der Waals surface area contributed by atoms with E-state index in [1.807, 2.05) is 37.3 Å². The molecule has 0 radical (unpaired) electrons. The first-order valence-electron chi connectivity index (χ1n) is 7.29. The van der Waals surface area contributed by atoms with Crippen molar-refractivity contribution in [3.05, 3.63) is 42.0 Å². The number of nitrogens with zero attached hydrogens (tertiary/aromatic N) is 1. The fourth-order valence-electron chi connectivity index (χ4n) is 2.15. The quantitative estimate of drug-likeness (QED) is 0.809. The van der Waals surface area contributed by atoms with E-state index in [1.54, 1.807) is 19.2 Å². The number of carbonyl (C=O) groups excluding carboxylic acids is 1. The van der Waals surface area contributed by atoms with Crippen LogP contribution in [0.4, 0.5) is 0 Å². The molecule has 1 N–H and O–H groups in total. The number of dihydropyridines is 1. The maximum atomic E-state index is 12.0. The summed E-state index contributed by atoms with van der Waals surface area (Å²) in [5, 5.41) is 9.19. The number of halogens is 1. The van der Waals surface area contributed by atoms with Gasteiger partial charge in [0.1, 0.15) is 11.4 Å². The Bertz CT molecular complexity index is 573. The minimum absolute atomic E-state index is 0. The number of ether oxygens (including phenoxy) is 2. The van der Waals surface area contributed by atoms with Gasteiger partial charge in [0.2, 0.25) is 0 Å². The Hall–Kier alpha value is -1.85. The Kier molecular flexibility index (Phi) is 7.26. The molecule has 23 heavy (non-hydrogen) atoms. The second-order valence-electron chi connectivity index (χ2n) is 5.40. The lowest BCUT2D eigenvalue weighted by molar-refractivity contribution is -0.155. The van der Waals surface area contributed by atoms with Crippen LogP contribution >= 0.6 is 12.4 Å². The van der Waals surface area contributed by atoms with Crippen LogP contribution in [0.3, 0.4) is 0 Å². The average Bonchev–Trinajstić information content (AvgIpc) is 2.51. The molecule has 1 aromatic rings. The van der Waals surface area contributed by atoms with Gasteiger partial charge < -0.3 is 14.6 Å². The highest BCUT2D eigenvalue weighted by atomic mass is 35.5. The number of hydrogen-bond acceptors (Lipinski definition) is 5. The van der Waals surface area contributed by atoms with Crippen molar-refractivity contribution in [1.29, 1.82) is 0 Å². The van der Waals surface area contributed by atoms with Crippen molar-refractivity contribution in [2.24, 2.45) is 4.99 Å². The molecule has 0 amide bonds. The third-order valence-corrected chi connectivity index (χ3v) is 3.60. The molecular formula is C17H22ClNO4. The summed E-state index contributed by atoms with van der Waals surface area (Å²) >= 11 is 0. The maximum absolute atomic E-state index is 12.0. The van der Waals surface area contributed by atoms with Crippen molar-refractivity contribution in [3.8, 4) is 5.75 Å². The largest absolute Gasteiger partial charge is 0.493 e. The molecule has 1 aliphatic heterocycles. The van der Waals surface area contributed by atoms with Crippen molar-refractivity contribution < 1.29 is 19.4 Å². The van der Waals surface area contributed by atoms with Gasteiger partial charge in [-0.1, -0.05) is 18.2 Å². The van der Waals surface area contributed by atoms with Crippen LogP contribution in [0.1, 0.15) is 20.3 Å². The van der Waals surface area contributed by atoms with E-state index in [9.17, 15) is 9.90 Å². The number of para-hydroxylation sites is 1. The van der Waals surface area contributed by atoms with Crippen LogP contribution in [0.25, 0.3) is 0 Å². The molecule has 1 aromatic carbocycles. The minimum Gasteiger partial charge on any atom is -0.493 e. The molecule has 1 heterocycles. The van der Waals surface area contributed by atoms with Crippen molar-refractivity contribution in [2.75, 3.05) is 13.2 Å². The van der Waals surface area contributed by atoms with Gasteiger partial charge >= 0.3 is 5.97 Å². The van der Waals surface area contributed by atoms with Gasteiger partial charge in [0.05, 0.1) is 25.7 Å². The summed E-state index contributed by atoms with van der Waals surface area (Å²) < 4.78 is 11.0. The van der Waals surface area contributed by atoms with E-state index >= 15 is 0 Å². The van der Waals surface area contributed by atoms with E-state index in [4.69, 9.17) is 9.47 Å². The first kappa shape index (κ1) is 19.2. The zero-order valence-corrected chi connectivity index (χ0v) is 14.1. The number of aliphatic hydroxyl groups excluding tert-OH is 1. The molecule has 0 aromatic heterocycles. The number of benzene rings is 1. The molecule has 5 nitrogen and oxygen atoms in total. The molecule has 0 saturated heterocycles. The Labute approximate surface area is 142 Å². The number of hydrogen-bond donors (Lipinski definition) is 1. The SMILES string of the molecule is CC1N=CC(CO)=CC1(C)OC(=O)CCOc1ccccc1.Cl. The van der Waals surface area contributed by atoms with Gasteiger partial charge in [-0.05, 0) is 37.6 Å². The van der Waals surface area contributed by atoms with Crippen LogP contribution in [0.5, 0.6) is 5.75 Å². The zero-order chi connectivity index (χ0) is 16.0. The Balaban J connectivity index is 0.00000264. The summed E-state index contributed by atoms with van der Waals surface area (Å²) in [7, 11) is 0. The zero-order valence-electron chi connectivity index (χ0n) is 13.3. The van der Waals surface area contributed by atoms with Crippen LogP contribution in [0.2, 0.25) is 0 Å². The van der Waals surface area contributed by atoms with Gasteiger partial charge in [0.15, 0.2) is 0 Å². The first-order valence-corrected chi connectivity index (χ1v) is 7.29. The van der Waals surface area contributed by atoms with Gasteiger partial charge in [0.25, 0.3) is 0 Å². The minimum atomic E-state index is -0.837. The highest BCUT2D eigenvalue weighted by molar-refractivity contribution is 5.85. The summed E-state index contributed by atoms with van der Waals surface area (Å²) in [5.74, 6) is 0.371. The van der Waals surface area contributed by atoms with Gasteiger partial charge in [-0.2, -0.15) is 0 Å².